The molecule has 1 N–H and O–H groups in total. The number of nitrogens with zero attached hydrogens (tertiary/aromatic N) is 4. The Bertz CT molecular complexity index is 1020. The summed E-state index contributed by atoms with van der Waals surface area (Å²) >= 11 is 5.92. The van der Waals surface area contributed by atoms with E-state index in [2.05, 4.69) is 20.3 Å². The Balaban J connectivity index is 2.41. The third-order valence-corrected chi connectivity index (χ3v) is 4.02. The highest BCUT2D eigenvalue weighted by Gasteiger charge is 2.24. The molecule has 0 radical (unpaired) electrons. The number of aromatic nitrogens is 4. The third kappa shape index (κ3) is 7.18. The molecule has 0 spiro atoms. The maximum atomic E-state index is 12.6. The van der Waals surface area contributed by atoms with Crippen molar-refractivity contribution in [2.45, 2.75) is 52.8 Å². The van der Waals surface area contributed by atoms with E-state index in [1.165, 1.54) is 17.0 Å². The standard InChI is InChI=1S/C20H28ClN5O5/c1-7-30-17(27)16-24-14(15-12(2)8-22-18(21)25-15)10-26(16)9-13(11-29-6)23-19(28)31-20(3,4)5/h8,10,13H,7,9,11H2,1-6H3,(H,23,28)/i6D3. The number of hydrogen-bond acceptors (Lipinski definition) is 8. The fourth-order valence-corrected chi connectivity index (χ4v) is 2.79. The van der Waals surface area contributed by atoms with Gasteiger partial charge in [-0.05, 0) is 51.8 Å². The average molecular weight is 457 g/mol. The Morgan fingerprint density at radius 1 is 1.35 bits per heavy atom. The third-order valence-electron chi connectivity index (χ3n) is 3.84. The first-order chi connectivity index (χ1) is 15.7. The molecule has 0 aliphatic heterocycles. The van der Waals surface area contributed by atoms with Gasteiger partial charge in [0.15, 0.2) is 0 Å². The summed E-state index contributed by atoms with van der Waals surface area (Å²) in [5, 5.41) is 2.58. The smallest absolute Gasteiger partial charge is 0.408 e. The van der Waals surface area contributed by atoms with Gasteiger partial charge in [0.25, 0.3) is 0 Å². The van der Waals surface area contributed by atoms with Crippen LogP contribution in [0.1, 0.15) is 48.0 Å². The summed E-state index contributed by atoms with van der Waals surface area (Å²) in [6.07, 6.45) is 2.27. The fourth-order valence-electron chi connectivity index (χ4n) is 2.66. The van der Waals surface area contributed by atoms with Crippen LogP contribution < -0.4 is 5.32 Å². The van der Waals surface area contributed by atoms with Gasteiger partial charge in [0, 0.05) is 26.0 Å². The number of aryl methyl sites for hydroxylation is 1. The van der Waals surface area contributed by atoms with E-state index >= 15 is 0 Å². The summed E-state index contributed by atoms with van der Waals surface area (Å²) in [6.45, 7) is 8.13. The van der Waals surface area contributed by atoms with Crippen LogP contribution in [0.3, 0.4) is 0 Å². The Kier molecular flexibility index (Phi) is 6.87. The number of methoxy groups -OCH3 is 1. The molecule has 10 nitrogen and oxygen atoms in total. The Labute approximate surface area is 190 Å². The normalized spacial score (nSPS) is 14.2. The van der Waals surface area contributed by atoms with Crippen molar-refractivity contribution in [2.75, 3.05) is 20.3 Å². The average Bonchev–Trinajstić information content (AvgIpc) is 3.10. The minimum atomic E-state index is -2.69. The molecular formula is C20H28ClN5O5. The van der Waals surface area contributed by atoms with Gasteiger partial charge in [-0.1, -0.05) is 0 Å². The van der Waals surface area contributed by atoms with E-state index < -0.39 is 30.7 Å². The van der Waals surface area contributed by atoms with Crippen LogP contribution in [-0.2, 0) is 20.8 Å². The van der Waals surface area contributed by atoms with E-state index in [1.54, 1.807) is 34.6 Å². The highest BCUT2D eigenvalue weighted by molar-refractivity contribution is 6.28. The number of esters is 1. The molecule has 170 valence electrons. The number of carbonyl (C=O) groups excluding carboxylic acids is 2. The number of hydrogen-bond donors (Lipinski definition) is 1. The largest absolute Gasteiger partial charge is 0.460 e. The molecule has 0 fully saturated rings. The number of rotatable bonds is 8. The summed E-state index contributed by atoms with van der Waals surface area (Å²) < 4.78 is 38.6. The molecule has 0 saturated carbocycles. The van der Waals surface area contributed by atoms with Crippen molar-refractivity contribution in [2.24, 2.45) is 0 Å². The number of halogens is 1. The lowest BCUT2D eigenvalue weighted by Gasteiger charge is -2.23. The van der Waals surface area contributed by atoms with Crippen LogP contribution in [0, 0.1) is 6.92 Å². The van der Waals surface area contributed by atoms with Crippen LogP contribution in [0.25, 0.3) is 11.4 Å². The van der Waals surface area contributed by atoms with Gasteiger partial charge < -0.3 is 24.1 Å². The molecule has 2 aromatic rings. The maximum Gasteiger partial charge on any atom is 0.408 e. The van der Waals surface area contributed by atoms with Crippen LogP contribution in [0.2, 0.25) is 5.28 Å². The van der Waals surface area contributed by atoms with Crippen molar-refractivity contribution in [3.8, 4) is 11.4 Å². The second kappa shape index (κ2) is 10.5. The molecule has 1 unspecified atom stereocenters. The molecule has 2 heterocycles. The summed E-state index contributed by atoms with van der Waals surface area (Å²) in [7, 11) is -2.69. The molecule has 2 aromatic heterocycles. The first kappa shape index (κ1) is 20.2. The Morgan fingerprint density at radius 3 is 2.74 bits per heavy atom. The summed E-state index contributed by atoms with van der Waals surface area (Å²) in [6, 6.07) is -0.888. The van der Waals surface area contributed by atoms with Gasteiger partial charge in [-0.2, -0.15) is 0 Å². The molecule has 0 aromatic carbocycles. The second-order valence-electron chi connectivity index (χ2n) is 7.65. The van der Waals surface area contributed by atoms with Crippen LogP contribution >= 0.6 is 11.6 Å². The van der Waals surface area contributed by atoms with E-state index in [-0.39, 0.29) is 30.9 Å². The quantitative estimate of drug-likeness (QED) is 0.475. The highest BCUT2D eigenvalue weighted by atomic mass is 35.5. The number of nitrogens with one attached hydrogen (secondary N) is 1. The van der Waals surface area contributed by atoms with Crippen LogP contribution in [-0.4, -0.2) is 63.5 Å². The number of alkyl carbamates (subject to hydrolysis) is 1. The lowest BCUT2D eigenvalue weighted by molar-refractivity contribution is 0.0457. The second-order valence-corrected chi connectivity index (χ2v) is 7.99. The summed E-state index contributed by atoms with van der Waals surface area (Å²) in [5.41, 5.74) is 0.609. The zero-order valence-electron chi connectivity index (χ0n) is 21.1. The van der Waals surface area contributed by atoms with Crippen molar-refractivity contribution in [3.63, 3.8) is 0 Å². The molecule has 11 heteroatoms. The maximum absolute atomic E-state index is 12.6. The van der Waals surface area contributed by atoms with Gasteiger partial charge in [0.05, 0.1) is 29.1 Å². The van der Waals surface area contributed by atoms with Crippen LogP contribution in [0.5, 0.6) is 0 Å². The Hall–Kier alpha value is -2.72. The van der Waals surface area contributed by atoms with E-state index in [1.807, 2.05) is 0 Å². The van der Waals surface area contributed by atoms with Crippen molar-refractivity contribution >= 4 is 23.7 Å². The van der Waals surface area contributed by atoms with Crippen molar-refractivity contribution in [1.29, 1.82) is 0 Å². The predicted molar refractivity (Wildman–Crippen MR) is 114 cm³/mol. The summed E-state index contributed by atoms with van der Waals surface area (Å²) in [4.78, 5) is 37.3. The zero-order chi connectivity index (χ0) is 25.7. The van der Waals surface area contributed by atoms with Crippen LogP contribution in [0.15, 0.2) is 12.4 Å². The van der Waals surface area contributed by atoms with Gasteiger partial charge in [-0.25, -0.2) is 24.5 Å². The first-order valence-corrected chi connectivity index (χ1v) is 9.93. The predicted octanol–water partition coefficient (Wildman–Crippen LogP) is 3.02. The SMILES string of the molecule is [2H]C([2H])([2H])OCC(Cn1cc(-c2nc(Cl)ncc2C)nc1C(=O)OCC)NC(=O)OC(C)(C)C. The molecule has 2 rings (SSSR count). The van der Waals surface area contributed by atoms with Crippen LogP contribution in [0.4, 0.5) is 4.79 Å². The minimum absolute atomic E-state index is 0.00313. The number of ether oxygens (including phenoxy) is 3. The molecule has 31 heavy (non-hydrogen) atoms. The first-order valence-electron chi connectivity index (χ1n) is 11.1. The lowest BCUT2D eigenvalue weighted by Crippen LogP contribution is -2.43. The van der Waals surface area contributed by atoms with E-state index in [9.17, 15) is 9.59 Å². The molecule has 1 amide bonds. The van der Waals surface area contributed by atoms with Gasteiger partial charge in [0.2, 0.25) is 11.1 Å². The molecule has 0 saturated heterocycles. The number of amides is 1. The van der Waals surface area contributed by atoms with Gasteiger partial charge in [-0.15, -0.1) is 0 Å². The minimum Gasteiger partial charge on any atom is -0.460 e. The van der Waals surface area contributed by atoms with Gasteiger partial charge >= 0.3 is 12.1 Å². The number of carbonyl (C=O) groups is 2. The monoisotopic (exact) mass is 456 g/mol. The van der Waals surface area contributed by atoms with Crippen molar-refractivity contribution in [3.05, 3.63) is 29.1 Å². The van der Waals surface area contributed by atoms with E-state index in [0.29, 0.717) is 17.0 Å². The Morgan fingerprint density at radius 2 is 2.10 bits per heavy atom. The van der Waals surface area contributed by atoms with Crippen molar-refractivity contribution in [1.82, 2.24) is 24.8 Å². The van der Waals surface area contributed by atoms with E-state index in [0.717, 1.165) is 0 Å². The molecular weight excluding hydrogens is 426 g/mol. The van der Waals surface area contributed by atoms with Gasteiger partial charge in [0.1, 0.15) is 11.3 Å². The van der Waals surface area contributed by atoms with Crippen molar-refractivity contribution < 1.29 is 27.9 Å². The molecule has 0 aliphatic rings. The molecule has 1 atom stereocenters. The fraction of sp³-hybridized carbons (Fsp3) is 0.550. The highest BCUT2D eigenvalue weighted by Crippen LogP contribution is 2.22. The molecule has 0 bridgehead atoms. The molecule has 0 aliphatic carbocycles. The zero-order valence-corrected chi connectivity index (χ0v) is 18.8. The van der Waals surface area contributed by atoms with Gasteiger partial charge in [-0.3, -0.25) is 0 Å². The van der Waals surface area contributed by atoms with E-state index in [4.69, 9.17) is 29.9 Å². The lowest BCUT2D eigenvalue weighted by atomic mass is 10.2. The topological polar surface area (TPSA) is 117 Å². The number of imidazole rings is 1. The summed E-state index contributed by atoms with van der Waals surface area (Å²) in [5.74, 6) is -0.782.